The van der Waals surface area contributed by atoms with E-state index in [2.05, 4.69) is 45.9 Å². The Balaban J connectivity index is 1.67. The van der Waals surface area contributed by atoms with E-state index < -0.39 is 0 Å². The van der Waals surface area contributed by atoms with Gasteiger partial charge in [0.2, 0.25) is 0 Å². The Morgan fingerprint density at radius 2 is 1.52 bits per heavy atom. The molecule has 2 aliphatic rings. The van der Waals surface area contributed by atoms with Gasteiger partial charge in [0.15, 0.2) is 0 Å². The van der Waals surface area contributed by atoms with Crippen LogP contribution in [0.3, 0.4) is 0 Å². The molecule has 5 rings (SSSR count). The summed E-state index contributed by atoms with van der Waals surface area (Å²) in [6.07, 6.45) is 6.18. The summed E-state index contributed by atoms with van der Waals surface area (Å²) in [5.41, 5.74) is 11.6. The van der Waals surface area contributed by atoms with E-state index in [9.17, 15) is 4.79 Å². The van der Waals surface area contributed by atoms with Crippen LogP contribution in [0.25, 0.3) is 22.4 Å². The molecule has 0 saturated heterocycles. The summed E-state index contributed by atoms with van der Waals surface area (Å²) in [6, 6.07) is 14.9. The molecule has 1 heterocycles. The average Bonchev–Trinajstić information content (AvgIpc) is 3.09. The number of benzene rings is 2. The molecule has 2 aliphatic carbocycles. The molecule has 0 fully saturated rings. The molecule has 3 aromatic rings. The summed E-state index contributed by atoms with van der Waals surface area (Å²) < 4.78 is 0. The Bertz CT molecular complexity index is 1140. The average molecular weight is 382 g/mol. The molecule has 29 heavy (non-hydrogen) atoms. The second-order valence-corrected chi connectivity index (χ2v) is 9.93. The minimum absolute atomic E-state index is 0.199. The zero-order chi connectivity index (χ0) is 20.4. The van der Waals surface area contributed by atoms with Crippen molar-refractivity contribution in [2.45, 2.75) is 57.8 Å². The van der Waals surface area contributed by atoms with Crippen LogP contribution < -0.4 is 0 Å². The monoisotopic (exact) mass is 381 g/mol. The van der Waals surface area contributed by atoms with Crippen molar-refractivity contribution >= 4 is 6.29 Å². The minimum atomic E-state index is 0.199. The normalized spacial score (nSPS) is 17.9. The summed E-state index contributed by atoms with van der Waals surface area (Å²) in [5, 5.41) is 0. The van der Waals surface area contributed by atoms with Crippen LogP contribution in [0.15, 0.2) is 48.7 Å². The first-order valence-electron chi connectivity index (χ1n) is 10.5. The predicted octanol–water partition coefficient (Wildman–Crippen LogP) is 6.48. The standard InChI is InChI=1S/C27H27NO/c1-26(2)10-11-27(3,4)24-15-21-19(14-23(24)26)13-22-20(9-12-28-25(21)22)18-7-5-17(16-29)6-8-18/h5-9,12,14-16H,10-11,13H2,1-4H3. The van der Waals surface area contributed by atoms with Gasteiger partial charge in [0, 0.05) is 23.7 Å². The van der Waals surface area contributed by atoms with E-state index >= 15 is 0 Å². The summed E-state index contributed by atoms with van der Waals surface area (Å²) in [7, 11) is 0. The van der Waals surface area contributed by atoms with Gasteiger partial charge < -0.3 is 0 Å². The van der Waals surface area contributed by atoms with E-state index in [4.69, 9.17) is 4.98 Å². The number of pyridine rings is 1. The maximum Gasteiger partial charge on any atom is 0.150 e. The lowest BCUT2D eigenvalue weighted by Gasteiger charge is -2.42. The smallest absolute Gasteiger partial charge is 0.150 e. The fourth-order valence-electron chi connectivity index (χ4n) is 5.13. The Labute approximate surface area is 173 Å². The van der Waals surface area contributed by atoms with E-state index in [1.54, 1.807) is 0 Å². The van der Waals surface area contributed by atoms with Crippen molar-refractivity contribution in [3.05, 3.63) is 76.5 Å². The lowest BCUT2D eigenvalue weighted by Crippen LogP contribution is -2.34. The molecule has 2 nitrogen and oxygen atoms in total. The van der Waals surface area contributed by atoms with Crippen LogP contribution in [-0.2, 0) is 17.3 Å². The van der Waals surface area contributed by atoms with E-state index in [0.29, 0.717) is 5.56 Å². The van der Waals surface area contributed by atoms with Crippen LogP contribution >= 0.6 is 0 Å². The van der Waals surface area contributed by atoms with Gasteiger partial charge in [0.05, 0.1) is 5.69 Å². The molecule has 2 aromatic carbocycles. The van der Waals surface area contributed by atoms with Gasteiger partial charge >= 0.3 is 0 Å². The highest BCUT2D eigenvalue weighted by atomic mass is 16.1. The molecule has 0 aliphatic heterocycles. The molecule has 0 radical (unpaired) electrons. The molecule has 0 N–H and O–H groups in total. The third-order valence-electron chi connectivity index (χ3n) is 7.11. The molecule has 0 saturated carbocycles. The van der Waals surface area contributed by atoms with Crippen LogP contribution in [-0.4, -0.2) is 11.3 Å². The molecule has 146 valence electrons. The number of aldehydes is 1. The number of hydrogen-bond acceptors (Lipinski definition) is 2. The van der Waals surface area contributed by atoms with Gasteiger partial charge in [0.25, 0.3) is 0 Å². The minimum Gasteiger partial charge on any atom is -0.298 e. The predicted molar refractivity (Wildman–Crippen MR) is 119 cm³/mol. The number of aromatic nitrogens is 1. The highest BCUT2D eigenvalue weighted by Gasteiger charge is 2.39. The Kier molecular flexibility index (Phi) is 3.87. The van der Waals surface area contributed by atoms with Crippen molar-refractivity contribution in [2.75, 3.05) is 0 Å². The van der Waals surface area contributed by atoms with Crippen LogP contribution in [0.5, 0.6) is 0 Å². The second kappa shape index (κ2) is 6.13. The van der Waals surface area contributed by atoms with E-state index in [1.807, 2.05) is 30.5 Å². The summed E-state index contributed by atoms with van der Waals surface area (Å²) in [5.74, 6) is 0. The van der Waals surface area contributed by atoms with Crippen LogP contribution in [0.4, 0.5) is 0 Å². The van der Waals surface area contributed by atoms with E-state index in [0.717, 1.165) is 24.0 Å². The van der Waals surface area contributed by atoms with Crippen LogP contribution in [0.2, 0.25) is 0 Å². The van der Waals surface area contributed by atoms with E-state index in [1.165, 1.54) is 46.2 Å². The number of carbonyl (C=O) groups excluding carboxylic acids is 1. The number of hydrogen-bond donors (Lipinski definition) is 0. The van der Waals surface area contributed by atoms with Gasteiger partial charge in [-0.05, 0) is 69.2 Å². The Morgan fingerprint density at radius 1 is 0.862 bits per heavy atom. The maximum absolute atomic E-state index is 11.0. The zero-order valence-corrected chi connectivity index (χ0v) is 17.7. The molecule has 0 amide bonds. The van der Waals surface area contributed by atoms with Gasteiger partial charge in [-0.1, -0.05) is 58.0 Å². The van der Waals surface area contributed by atoms with E-state index in [-0.39, 0.29) is 10.8 Å². The largest absolute Gasteiger partial charge is 0.298 e. The highest BCUT2D eigenvalue weighted by Crippen LogP contribution is 2.50. The fourth-order valence-corrected chi connectivity index (χ4v) is 5.13. The molecule has 2 heteroatoms. The Hall–Kier alpha value is -2.74. The van der Waals surface area contributed by atoms with Gasteiger partial charge in [-0.15, -0.1) is 0 Å². The first-order chi connectivity index (χ1) is 13.8. The molecule has 0 bridgehead atoms. The molecule has 1 aromatic heterocycles. The highest BCUT2D eigenvalue weighted by molar-refractivity contribution is 5.84. The second-order valence-electron chi connectivity index (χ2n) is 9.93. The summed E-state index contributed by atoms with van der Waals surface area (Å²) >= 11 is 0. The van der Waals surface area contributed by atoms with Gasteiger partial charge in [-0.3, -0.25) is 9.78 Å². The third kappa shape index (κ3) is 2.77. The molecule has 0 spiro atoms. The molecular formula is C27H27NO. The van der Waals surface area contributed by atoms with Crippen molar-refractivity contribution in [1.82, 2.24) is 4.98 Å². The number of rotatable bonds is 2. The van der Waals surface area contributed by atoms with Gasteiger partial charge in [-0.25, -0.2) is 0 Å². The van der Waals surface area contributed by atoms with Crippen molar-refractivity contribution in [1.29, 1.82) is 0 Å². The first kappa shape index (κ1) is 18.3. The fraction of sp³-hybridized carbons (Fsp3) is 0.333. The molecular weight excluding hydrogens is 354 g/mol. The quantitative estimate of drug-likeness (QED) is 0.372. The SMILES string of the molecule is CC1(C)CCC(C)(C)c2cc3c(cc21)Cc1c(-c2ccc(C=O)cc2)ccnc1-3. The van der Waals surface area contributed by atoms with Crippen molar-refractivity contribution in [3.8, 4) is 22.4 Å². The number of carbonyl (C=O) groups is 1. The summed E-state index contributed by atoms with van der Waals surface area (Å²) in [4.78, 5) is 15.8. The van der Waals surface area contributed by atoms with Crippen molar-refractivity contribution in [2.24, 2.45) is 0 Å². The van der Waals surface area contributed by atoms with Crippen molar-refractivity contribution < 1.29 is 4.79 Å². The molecule has 0 atom stereocenters. The topological polar surface area (TPSA) is 30.0 Å². The third-order valence-corrected chi connectivity index (χ3v) is 7.11. The van der Waals surface area contributed by atoms with Crippen LogP contribution in [0.1, 0.15) is 73.1 Å². The summed E-state index contributed by atoms with van der Waals surface area (Å²) in [6.45, 7) is 9.52. The van der Waals surface area contributed by atoms with Gasteiger partial charge in [0.1, 0.15) is 6.29 Å². The number of nitrogens with zero attached hydrogens (tertiary/aromatic N) is 1. The lowest BCUT2D eigenvalue weighted by atomic mass is 9.62. The zero-order valence-electron chi connectivity index (χ0n) is 17.7. The maximum atomic E-state index is 11.0. The Morgan fingerprint density at radius 3 is 2.17 bits per heavy atom. The first-order valence-corrected chi connectivity index (χ1v) is 10.5. The number of fused-ring (bicyclic) bond motifs is 4. The van der Waals surface area contributed by atoms with Crippen LogP contribution in [0, 0.1) is 0 Å². The van der Waals surface area contributed by atoms with Gasteiger partial charge in [-0.2, -0.15) is 0 Å². The van der Waals surface area contributed by atoms with Crippen molar-refractivity contribution in [3.63, 3.8) is 0 Å². The lowest BCUT2D eigenvalue weighted by molar-refractivity contribution is 0.112. The molecule has 0 unspecified atom stereocenters.